The fourth-order valence-corrected chi connectivity index (χ4v) is 2.84. The second-order valence-electron chi connectivity index (χ2n) is 4.12. The van der Waals surface area contributed by atoms with Crippen LogP contribution in [0.25, 0.3) is 0 Å². The van der Waals surface area contributed by atoms with Crippen molar-refractivity contribution in [3.63, 3.8) is 0 Å². The zero-order valence-corrected chi connectivity index (χ0v) is 8.53. The molecule has 2 heteroatoms. The van der Waals surface area contributed by atoms with Crippen molar-refractivity contribution in [1.82, 2.24) is 0 Å². The first-order valence-electron chi connectivity index (χ1n) is 5.25. The molecule has 2 rings (SSSR count). The maximum atomic E-state index is 11.1. The maximum Gasteiger partial charge on any atom is 0.330 e. The molecule has 3 atom stereocenters. The molecule has 2 fully saturated rings. The quantitative estimate of drug-likeness (QED) is 0.381. The first-order valence-corrected chi connectivity index (χ1v) is 5.25. The van der Waals surface area contributed by atoms with Crippen LogP contribution in [0.5, 0.6) is 0 Å². The van der Waals surface area contributed by atoms with Crippen LogP contribution in [0.4, 0.5) is 0 Å². The number of allylic oxidation sites excluding steroid dienone is 1. The summed E-state index contributed by atoms with van der Waals surface area (Å²) >= 11 is 0. The lowest BCUT2D eigenvalue weighted by molar-refractivity contribution is -0.143. The Kier molecular flexibility index (Phi) is 2.44. The van der Waals surface area contributed by atoms with E-state index in [1.807, 2.05) is 6.92 Å². The summed E-state index contributed by atoms with van der Waals surface area (Å²) in [6.07, 6.45) is 7.09. The Morgan fingerprint density at radius 1 is 1.57 bits per heavy atom. The van der Waals surface area contributed by atoms with Gasteiger partial charge in [0.1, 0.15) is 6.10 Å². The molecule has 2 aliphatic carbocycles. The molecule has 0 aromatic heterocycles. The van der Waals surface area contributed by atoms with Crippen molar-refractivity contribution in [1.29, 1.82) is 0 Å². The van der Waals surface area contributed by atoms with Crippen LogP contribution in [0.3, 0.4) is 0 Å². The molecule has 0 aliphatic heterocycles. The molecule has 0 saturated heterocycles. The first kappa shape index (κ1) is 9.50. The Bertz CT molecular complexity index is 291. The molecule has 76 valence electrons. The zero-order valence-electron chi connectivity index (χ0n) is 8.53. The monoisotopic (exact) mass is 192 g/mol. The molecular weight excluding hydrogens is 176 g/mol. The normalized spacial score (nSPS) is 37.5. The highest BCUT2D eigenvalue weighted by atomic mass is 16.5. The van der Waals surface area contributed by atoms with Gasteiger partial charge < -0.3 is 4.74 Å². The molecule has 0 radical (unpaired) electrons. The SMILES string of the molecule is C=CC(=O)OC1C(=CC)C2CCC1C2. The third kappa shape index (κ3) is 1.39. The summed E-state index contributed by atoms with van der Waals surface area (Å²) < 4.78 is 5.37. The van der Waals surface area contributed by atoms with Crippen LogP contribution in [0.2, 0.25) is 0 Å². The van der Waals surface area contributed by atoms with E-state index in [0.717, 1.165) is 0 Å². The molecule has 2 aliphatic rings. The summed E-state index contributed by atoms with van der Waals surface area (Å²) in [6, 6.07) is 0. The molecule has 2 saturated carbocycles. The van der Waals surface area contributed by atoms with E-state index < -0.39 is 0 Å². The number of hydrogen-bond acceptors (Lipinski definition) is 2. The molecule has 0 N–H and O–H groups in total. The lowest BCUT2D eigenvalue weighted by Crippen LogP contribution is -2.25. The fraction of sp³-hybridized carbons (Fsp3) is 0.583. The van der Waals surface area contributed by atoms with Crippen LogP contribution >= 0.6 is 0 Å². The van der Waals surface area contributed by atoms with E-state index in [0.29, 0.717) is 11.8 Å². The van der Waals surface area contributed by atoms with Crippen LogP contribution in [0.1, 0.15) is 26.2 Å². The van der Waals surface area contributed by atoms with Crippen molar-refractivity contribution in [2.24, 2.45) is 11.8 Å². The van der Waals surface area contributed by atoms with Gasteiger partial charge in [-0.2, -0.15) is 0 Å². The van der Waals surface area contributed by atoms with Gasteiger partial charge in [0.05, 0.1) is 0 Å². The summed E-state index contributed by atoms with van der Waals surface area (Å²) in [5, 5.41) is 0. The fourth-order valence-electron chi connectivity index (χ4n) is 2.84. The van der Waals surface area contributed by atoms with E-state index in [-0.39, 0.29) is 12.1 Å². The van der Waals surface area contributed by atoms with Gasteiger partial charge in [-0.15, -0.1) is 0 Å². The highest BCUT2D eigenvalue weighted by Gasteiger charge is 2.45. The molecular formula is C12H16O2. The Labute approximate surface area is 84.6 Å². The Balaban J connectivity index is 2.11. The summed E-state index contributed by atoms with van der Waals surface area (Å²) in [6.45, 7) is 5.45. The largest absolute Gasteiger partial charge is 0.454 e. The molecule has 14 heavy (non-hydrogen) atoms. The van der Waals surface area contributed by atoms with Gasteiger partial charge in [0.2, 0.25) is 0 Å². The Hall–Kier alpha value is -1.05. The van der Waals surface area contributed by atoms with Gasteiger partial charge >= 0.3 is 5.97 Å². The molecule has 0 heterocycles. The first-order chi connectivity index (χ1) is 6.76. The van der Waals surface area contributed by atoms with Crippen molar-refractivity contribution < 1.29 is 9.53 Å². The summed E-state index contributed by atoms with van der Waals surface area (Å²) in [4.78, 5) is 11.1. The van der Waals surface area contributed by atoms with Gasteiger partial charge in [0.25, 0.3) is 0 Å². The van der Waals surface area contributed by atoms with Crippen LogP contribution < -0.4 is 0 Å². The lowest BCUT2D eigenvalue weighted by atomic mass is 9.92. The molecule has 0 amide bonds. The van der Waals surface area contributed by atoms with E-state index in [4.69, 9.17) is 4.74 Å². The van der Waals surface area contributed by atoms with Gasteiger partial charge in [-0.05, 0) is 37.7 Å². The van der Waals surface area contributed by atoms with Crippen molar-refractivity contribution in [2.45, 2.75) is 32.3 Å². The van der Waals surface area contributed by atoms with E-state index in [2.05, 4.69) is 12.7 Å². The highest BCUT2D eigenvalue weighted by Crippen LogP contribution is 2.49. The number of fused-ring (bicyclic) bond motifs is 2. The molecule has 0 aromatic rings. The summed E-state index contributed by atoms with van der Waals surface area (Å²) in [5.74, 6) is 0.949. The van der Waals surface area contributed by atoms with Crippen molar-refractivity contribution in [2.75, 3.05) is 0 Å². The Morgan fingerprint density at radius 3 is 3.00 bits per heavy atom. The second kappa shape index (κ2) is 3.60. The van der Waals surface area contributed by atoms with Gasteiger partial charge in [0.15, 0.2) is 0 Å². The number of carbonyl (C=O) groups is 1. The average Bonchev–Trinajstić information content (AvgIpc) is 2.77. The smallest absolute Gasteiger partial charge is 0.330 e. The topological polar surface area (TPSA) is 26.3 Å². The Morgan fingerprint density at radius 2 is 2.36 bits per heavy atom. The third-order valence-electron chi connectivity index (χ3n) is 3.44. The molecule has 3 unspecified atom stereocenters. The lowest BCUT2D eigenvalue weighted by Gasteiger charge is -2.24. The standard InChI is InChI=1S/C12H16O2/c1-3-10-8-5-6-9(7-8)12(10)14-11(13)4-2/h3-4,8-9,12H,2,5-7H2,1H3. The second-order valence-corrected chi connectivity index (χ2v) is 4.12. The van der Waals surface area contributed by atoms with E-state index >= 15 is 0 Å². The van der Waals surface area contributed by atoms with Crippen LogP contribution in [-0.2, 0) is 9.53 Å². The minimum atomic E-state index is -0.290. The maximum absolute atomic E-state index is 11.1. The average molecular weight is 192 g/mol. The molecule has 2 bridgehead atoms. The number of carbonyl (C=O) groups excluding carboxylic acids is 1. The number of hydrogen-bond donors (Lipinski definition) is 0. The molecule has 2 nitrogen and oxygen atoms in total. The van der Waals surface area contributed by atoms with Gasteiger partial charge in [0, 0.05) is 12.0 Å². The van der Waals surface area contributed by atoms with Crippen LogP contribution in [0, 0.1) is 11.8 Å². The predicted molar refractivity (Wildman–Crippen MR) is 54.7 cm³/mol. The summed E-state index contributed by atoms with van der Waals surface area (Å²) in [5.41, 5.74) is 1.33. The number of rotatable bonds is 2. The number of ether oxygens (including phenoxy) is 1. The molecule has 0 aromatic carbocycles. The predicted octanol–water partition coefficient (Wildman–Crippen LogP) is 2.46. The zero-order chi connectivity index (χ0) is 10.1. The van der Waals surface area contributed by atoms with Gasteiger partial charge in [-0.1, -0.05) is 12.7 Å². The van der Waals surface area contributed by atoms with E-state index in [1.54, 1.807) is 0 Å². The number of esters is 1. The van der Waals surface area contributed by atoms with E-state index in [9.17, 15) is 4.79 Å². The van der Waals surface area contributed by atoms with E-state index in [1.165, 1.54) is 30.9 Å². The third-order valence-corrected chi connectivity index (χ3v) is 3.44. The molecule has 0 spiro atoms. The van der Waals surface area contributed by atoms with Gasteiger partial charge in [-0.3, -0.25) is 0 Å². The van der Waals surface area contributed by atoms with Crippen LogP contribution in [-0.4, -0.2) is 12.1 Å². The van der Waals surface area contributed by atoms with Gasteiger partial charge in [-0.25, -0.2) is 4.79 Å². The summed E-state index contributed by atoms with van der Waals surface area (Å²) in [7, 11) is 0. The van der Waals surface area contributed by atoms with Crippen LogP contribution in [0.15, 0.2) is 24.3 Å². The minimum absolute atomic E-state index is 0.0456. The minimum Gasteiger partial charge on any atom is -0.454 e. The highest BCUT2D eigenvalue weighted by molar-refractivity contribution is 5.81. The van der Waals surface area contributed by atoms with Crippen molar-refractivity contribution >= 4 is 5.97 Å². The van der Waals surface area contributed by atoms with Crippen molar-refractivity contribution in [3.05, 3.63) is 24.3 Å². The van der Waals surface area contributed by atoms with Crippen molar-refractivity contribution in [3.8, 4) is 0 Å².